The van der Waals surface area contributed by atoms with Crippen molar-refractivity contribution in [1.82, 2.24) is 0 Å². The summed E-state index contributed by atoms with van der Waals surface area (Å²) >= 11 is 0. The predicted octanol–water partition coefficient (Wildman–Crippen LogP) is 9.32. The zero-order chi connectivity index (χ0) is 27.5. The van der Waals surface area contributed by atoms with Crippen LogP contribution in [0.5, 0.6) is 0 Å². The van der Waals surface area contributed by atoms with Gasteiger partial charge in [0, 0.05) is 0 Å². The van der Waals surface area contributed by atoms with Crippen molar-refractivity contribution in [1.29, 1.82) is 0 Å². The van der Waals surface area contributed by atoms with Crippen LogP contribution in [0.1, 0.15) is 89.5 Å². The van der Waals surface area contributed by atoms with E-state index in [1.165, 1.54) is 105 Å². The van der Waals surface area contributed by atoms with E-state index in [1.807, 2.05) is 6.92 Å². The van der Waals surface area contributed by atoms with Crippen molar-refractivity contribution in [3.63, 3.8) is 0 Å². The fourth-order valence-electron chi connectivity index (χ4n) is 4.33. The Morgan fingerprint density at radius 2 is 0.974 bits per heavy atom. The van der Waals surface area contributed by atoms with Crippen LogP contribution in [0.25, 0.3) is 0 Å². The Hall–Kier alpha value is -2.08. The molecule has 0 spiro atoms. The number of aryl methyl sites for hydroxylation is 1. The smallest absolute Gasteiger partial charge is 0.160 e. The van der Waals surface area contributed by atoms with Crippen LogP contribution in [0.4, 0.5) is 0 Å². The van der Waals surface area contributed by atoms with Crippen molar-refractivity contribution in [2.24, 2.45) is 0 Å². The molecule has 38 heavy (non-hydrogen) atoms. The molecular formula is C33H46O3S2. The summed E-state index contributed by atoms with van der Waals surface area (Å²) in [7, 11) is -4.04. The van der Waals surface area contributed by atoms with Gasteiger partial charge in [0.05, 0.1) is 15.8 Å². The van der Waals surface area contributed by atoms with Crippen LogP contribution in [-0.4, -0.2) is 18.7 Å². The highest BCUT2D eigenvalue weighted by molar-refractivity contribution is 7.97. The molecule has 0 aromatic heterocycles. The Balaban J connectivity index is 0.000000384. The van der Waals surface area contributed by atoms with Crippen molar-refractivity contribution in [3.8, 4) is 0 Å². The fraction of sp³-hybridized carbons (Fsp3) is 0.455. The van der Waals surface area contributed by atoms with Crippen LogP contribution >= 0.6 is 0 Å². The van der Waals surface area contributed by atoms with Gasteiger partial charge in [0.15, 0.2) is 9.79 Å². The number of benzene rings is 3. The maximum absolute atomic E-state index is 10.4. The summed E-state index contributed by atoms with van der Waals surface area (Å²) in [5.74, 6) is 1.30. The minimum atomic E-state index is -4.27. The van der Waals surface area contributed by atoms with Gasteiger partial charge in [-0.05, 0) is 56.2 Å². The molecule has 0 fully saturated rings. The van der Waals surface area contributed by atoms with E-state index in [2.05, 4.69) is 67.6 Å². The van der Waals surface area contributed by atoms with Crippen LogP contribution in [-0.2, 0) is 21.0 Å². The van der Waals surface area contributed by atoms with Gasteiger partial charge in [0.25, 0.3) is 0 Å². The number of hydrogen-bond acceptors (Lipinski definition) is 3. The molecule has 0 radical (unpaired) electrons. The molecule has 0 unspecified atom stereocenters. The van der Waals surface area contributed by atoms with Crippen molar-refractivity contribution in [3.05, 3.63) is 90.5 Å². The molecule has 0 N–H and O–H groups in total. The minimum Gasteiger partial charge on any atom is -0.744 e. The third-order valence-electron chi connectivity index (χ3n) is 6.57. The first-order valence-electron chi connectivity index (χ1n) is 14.3. The van der Waals surface area contributed by atoms with Crippen LogP contribution in [0.2, 0.25) is 0 Å². The van der Waals surface area contributed by atoms with E-state index in [4.69, 9.17) is 0 Å². The van der Waals surface area contributed by atoms with Gasteiger partial charge in [-0.25, -0.2) is 8.42 Å². The van der Waals surface area contributed by atoms with Gasteiger partial charge < -0.3 is 4.55 Å². The summed E-state index contributed by atoms with van der Waals surface area (Å²) in [4.78, 5) is 2.81. The van der Waals surface area contributed by atoms with Gasteiger partial charge in [-0.15, -0.1) is 0 Å². The SMILES string of the molecule is CCCCCCCCCCCCCC[S+](c1ccccc1)c1ccccc1.Cc1ccc(S(=O)(=O)[O-])cc1. The number of rotatable bonds is 16. The van der Waals surface area contributed by atoms with E-state index < -0.39 is 10.1 Å². The molecular weight excluding hydrogens is 508 g/mol. The summed E-state index contributed by atoms with van der Waals surface area (Å²) in [6.07, 6.45) is 17.1. The third-order valence-corrected chi connectivity index (χ3v) is 9.80. The van der Waals surface area contributed by atoms with Crippen molar-refractivity contribution in [2.45, 2.75) is 106 Å². The predicted molar refractivity (Wildman–Crippen MR) is 162 cm³/mol. The maximum Gasteiger partial charge on any atom is 0.160 e. The van der Waals surface area contributed by atoms with Crippen LogP contribution in [0, 0.1) is 6.92 Å². The summed E-state index contributed by atoms with van der Waals surface area (Å²) in [6, 6.07) is 28.0. The Morgan fingerprint density at radius 1 is 0.579 bits per heavy atom. The lowest BCUT2D eigenvalue weighted by molar-refractivity contribution is 0.463. The van der Waals surface area contributed by atoms with E-state index in [-0.39, 0.29) is 15.8 Å². The lowest BCUT2D eigenvalue weighted by Gasteiger charge is -2.08. The lowest BCUT2D eigenvalue weighted by atomic mass is 10.1. The molecule has 0 amide bonds. The highest BCUT2D eigenvalue weighted by atomic mass is 32.2. The summed E-state index contributed by atoms with van der Waals surface area (Å²) in [6.45, 7) is 4.11. The zero-order valence-electron chi connectivity index (χ0n) is 23.3. The van der Waals surface area contributed by atoms with Gasteiger partial charge >= 0.3 is 0 Å². The first-order chi connectivity index (χ1) is 18.4. The molecule has 3 aromatic rings. The van der Waals surface area contributed by atoms with Gasteiger partial charge in [0.2, 0.25) is 0 Å². The topological polar surface area (TPSA) is 57.2 Å². The number of unbranched alkanes of at least 4 members (excludes halogenated alkanes) is 11. The second-order valence-electron chi connectivity index (χ2n) is 9.88. The Morgan fingerprint density at radius 3 is 1.37 bits per heavy atom. The van der Waals surface area contributed by atoms with Gasteiger partial charge in [-0.3, -0.25) is 0 Å². The summed E-state index contributed by atoms with van der Waals surface area (Å²) in [5, 5.41) is 0. The van der Waals surface area contributed by atoms with Crippen LogP contribution < -0.4 is 0 Å². The highest BCUT2D eigenvalue weighted by Crippen LogP contribution is 2.25. The molecule has 0 saturated heterocycles. The average Bonchev–Trinajstić information content (AvgIpc) is 2.92. The Kier molecular flexibility index (Phi) is 16.1. The molecule has 0 aliphatic heterocycles. The van der Waals surface area contributed by atoms with E-state index >= 15 is 0 Å². The highest BCUT2D eigenvalue weighted by Gasteiger charge is 2.23. The molecule has 208 valence electrons. The molecule has 5 heteroatoms. The first-order valence-corrected chi connectivity index (χ1v) is 17.1. The summed E-state index contributed by atoms with van der Waals surface area (Å²) < 4.78 is 31.2. The van der Waals surface area contributed by atoms with Crippen LogP contribution in [0.15, 0.2) is 99.6 Å². The lowest BCUT2D eigenvalue weighted by Crippen LogP contribution is -2.08. The van der Waals surface area contributed by atoms with Gasteiger partial charge in [0.1, 0.15) is 15.9 Å². The Bertz CT molecular complexity index is 1040. The van der Waals surface area contributed by atoms with E-state index in [0.717, 1.165) is 5.56 Å². The second kappa shape index (κ2) is 19.1. The molecule has 0 aliphatic carbocycles. The van der Waals surface area contributed by atoms with Gasteiger partial charge in [-0.1, -0.05) is 125 Å². The monoisotopic (exact) mass is 554 g/mol. The van der Waals surface area contributed by atoms with E-state index in [0.29, 0.717) is 0 Å². The van der Waals surface area contributed by atoms with Crippen molar-refractivity contribution < 1.29 is 13.0 Å². The molecule has 3 rings (SSSR count). The zero-order valence-corrected chi connectivity index (χ0v) is 24.9. The quantitative estimate of drug-likeness (QED) is 0.101. The number of hydrogen-bond donors (Lipinski definition) is 0. The van der Waals surface area contributed by atoms with E-state index in [9.17, 15) is 13.0 Å². The first kappa shape index (κ1) is 32.1. The molecule has 0 heterocycles. The normalized spacial score (nSPS) is 11.3. The molecule has 0 atom stereocenters. The Labute approximate surface area is 235 Å². The second-order valence-corrected chi connectivity index (χ2v) is 13.4. The third kappa shape index (κ3) is 13.6. The minimum absolute atomic E-state index is 0.178. The molecule has 0 saturated carbocycles. The fourth-order valence-corrected chi connectivity index (χ4v) is 7.01. The molecule has 3 aromatic carbocycles. The van der Waals surface area contributed by atoms with Crippen molar-refractivity contribution in [2.75, 3.05) is 5.75 Å². The van der Waals surface area contributed by atoms with E-state index in [1.54, 1.807) is 12.1 Å². The van der Waals surface area contributed by atoms with Gasteiger partial charge in [-0.2, -0.15) is 0 Å². The average molecular weight is 555 g/mol. The molecule has 3 nitrogen and oxygen atoms in total. The summed E-state index contributed by atoms with van der Waals surface area (Å²) in [5.41, 5.74) is 0.928. The standard InChI is InChI=1S/C26H39S.C7H8O3S/c1-2-3-4-5-6-7-8-9-10-11-12-19-24-27(25-20-15-13-16-21-25)26-22-17-14-18-23-26;1-6-2-4-7(5-3-6)11(8,9)10/h13-18,20-23H,2-12,19,24H2,1H3;2-5H,1H3,(H,8,9,10)/q+1;/p-1. The molecule has 0 aliphatic rings. The molecule has 0 bridgehead atoms. The maximum atomic E-state index is 10.4. The van der Waals surface area contributed by atoms with Crippen LogP contribution in [0.3, 0.4) is 0 Å². The largest absolute Gasteiger partial charge is 0.744 e. The van der Waals surface area contributed by atoms with Crippen molar-refractivity contribution >= 4 is 21.0 Å².